The van der Waals surface area contributed by atoms with Crippen LogP contribution in [0.1, 0.15) is 79.5 Å². The van der Waals surface area contributed by atoms with Crippen molar-refractivity contribution in [1.82, 2.24) is 29.5 Å². The van der Waals surface area contributed by atoms with Crippen LogP contribution in [0.5, 0.6) is 23.0 Å². The number of nitrogens with zero attached hydrogens (tertiary/aromatic N) is 6. The lowest BCUT2D eigenvalue weighted by atomic mass is 10.0. The van der Waals surface area contributed by atoms with Crippen LogP contribution in [-0.4, -0.2) is 54.2 Å². The van der Waals surface area contributed by atoms with Gasteiger partial charge in [-0.05, 0) is 144 Å². The summed E-state index contributed by atoms with van der Waals surface area (Å²) in [4.78, 5) is 33.5. The van der Waals surface area contributed by atoms with Crippen molar-refractivity contribution in [3.05, 3.63) is 180 Å². The summed E-state index contributed by atoms with van der Waals surface area (Å²) in [6, 6.07) is 38.0. The molecule has 0 bridgehead atoms. The number of alkyl halides is 6. The number of aryl methyl sites for hydroxylation is 1. The lowest BCUT2D eigenvalue weighted by Crippen LogP contribution is -2.17. The molecule has 0 N–H and O–H groups in total. The molecule has 0 aliphatic heterocycles. The van der Waals surface area contributed by atoms with E-state index in [0.29, 0.717) is 52.4 Å². The van der Waals surface area contributed by atoms with Crippen molar-refractivity contribution in [3.63, 3.8) is 0 Å². The highest BCUT2D eigenvalue weighted by Crippen LogP contribution is 2.51. The van der Waals surface area contributed by atoms with Gasteiger partial charge in [-0.1, -0.05) is 80.6 Å². The fraction of sp³-hybridized carbons (Fsp3) is 0.250. The van der Waals surface area contributed by atoms with Gasteiger partial charge in [0.1, 0.15) is 41.5 Å². The monoisotopic (exact) mass is 1030 g/mol. The number of hydrogen-bond donors (Lipinski definition) is 0. The molecule has 2 fully saturated rings. The second kappa shape index (κ2) is 21.6. The molecule has 4 atom stereocenters. The van der Waals surface area contributed by atoms with E-state index in [9.17, 15) is 40.3 Å². The minimum absolute atomic E-state index is 0.181. The fourth-order valence-electron chi connectivity index (χ4n) is 8.70. The zero-order valence-electron chi connectivity index (χ0n) is 40.4. The standard InChI is InChI=1S/C29H26F3N3O3.C27H21F4N3O3/c1-18(2)24-5-3-4-6-26(24)37-27(36)16-21-15-25(21)19-7-9-20(10-8-19)28-33-17-35(34-28)22-11-13-23(14-12-22)38-29(30,31)32;1-16-12-20(28)6-11-24(16)36-25(35)14-19-13-23(19)17-2-4-18(5-3-17)26-32-15-34(33-26)21-7-9-22(10-8-21)37-27(29,30)31/h3-14,17-18,21,25H,15-16H2,1-2H3;2-12,15,19,23H,13-14H2,1H3. The third-order valence-corrected chi connectivity index (χ3v) is 12.7. The molecule has 2 aliphatic carbocycles. The maximum atomic E-state index is 13.2. The Morgan fingerprint density at radius 3 is 1.45 bits per heavy atom. The summed E-state index contributed by atoms with van der Waals surface area (Å²) in [5.41, 5.74) is 6.52. The maximum Gasteiger partial charge on any atom is 0.573 e. The van der Waals surface area contributed by atoms with Gasteiger partial charge in [0, 0.05) is 24.0 Å². The molecule has 0 radical (unpaired) electrons. The lowest BCUT2D eigenvalue weighted by Gasteiger charge is -2.12. The van der Waals surface area contributed by atoms with Crippen molar-refractivity contribution in [2.45, 2.75) is 76.9 Å². The summed E-state index contributed by atoms with van der Waals surface area (Å²) in [7, 11) is 0. The Kier molecular flexibility index (Phi) is 14.9. The van der Waals surface area contributed by atoms with Gasteiger partial charge in [0.15, 0.2) is 11.6 Å². The summed E-state index contributed by atoms with van der Waals surface area (Å²) in [6.07, 6.45) is -4.05. The molecule has 12 nitrogen and oxygen atoms in total. The van der Waals surface area contributed by atoms with Gasteiger partial charge in [0.05, 0.1) is 11.4 Å². The van der Waals surface area contributed by atoms with Crippen LogP contribution in [0.25, 0.3) is 34.2 Å². The fourth-order valence-corrected chi connectivity index (χ4v) is 8.70. The van der Waals surface area contributed by atoms with E-state index in [-0.39, 0.29) is 59.3 Å². The second-order valence-corrected chi connectivity index (χ2v) is 18.5. The first-order valence-corrected chi connectivity index (χ1v) is 23.8. The average Bonchev–Trinajstić information content (AvgIpc) is 4.17. The number of hydrogen-bond acceptors (Lipinski definition) is 10. The number of esters is 2. The molecule has 0 amide bonds. The third kappa shape index (κ3) is 13.6. The first kappa shape index (κ1) is 51.5. The van der Waals surface area contributed by atoms with E-state index >= 15 is 0 Å². The van der Waals surface area contributed by atoms with Gasteiger partial charge in [0.2, 0.25) is 0 Å². The van der Waals surface area contributed by atoms with Gasteiger partial charge in [-0.15, -0.1) is 36.5 Å². The highest BCUT2D eigenvalue weighted by molar-refractivity contribution is 5.74. The predicted molar refractivity (Wildman–Crippen MR) is 261 cm³/mol. The normalized spacial score (nSPS) is 16.9. The van der Waals surface area contributed by atoms with Crippen LogP contribution in [0.2, 0.25) is 0 Å². The van der Waals surface area contributed by atoms with E-state index in [4.69, 9.17) is 9.47 Å². The van der Waals surface area contributed by atoms with Gasteiger partial charge < -0.3 is 18.9 Å². The highest BCUT2D eigenvalue weighted by Gasteiger charge is 2.41. The van der Waals surface area contributed by atoms with Crippen molar-refractivity contribution >= 4 is 11.9 Å². The summed E-state index contributed by atoms with van der Waals surface area (Å²) < 4.78 is 109. The lowest BCUT2D eigenvalue weighted by molar-refractivity contribution is -0.275. The van der Waals surface area contributed by atoms with Crippen LogP contribution < -0.4 is 18.9 Å². The SMILES string of the molecule is CC(C)c1ccccc1OC(=O)CC1CC1c1ccc(-c2ncn(-c3ccc(OC(F)(F)F)cc3)n2)cc1.Cc1cc(F)ccc1OC(=O)CC1CC1c1ccc(-c2ncn(-c3ccc(OC(F)(F)F)cc3)n2)cc1. The number of rotatable bonds is 15. The first-order valence-electron chi connectivity index (χ1n) is 23.8. The molecule has 4 unspecified atom stereocenters. The number of benzene rings is 6. The van der Waals surface area contributed by atoms with Gasteiger partial charge in [-0.2, -0.15) is 0 Å². The van der Waals surface area contributed by atoms with Crippen LogP contribution in [0.15, 0.2) is 152 Å². The van der Waals surface area contributed by atoms with Crippen molar-refractivity contribution in [1.29, 1.82) is 0 Å². The van der Waals surface area contributed by atoms with E-state index in [2.05, 4.69) is 43.5 Å². The minimum atomic E-state index is -4.75. The van der Waals surface area contributed by atoms with Crippen LogP contribution in [0.4, 0.5) is 30.7 Å². The molecule has 6 aromatic carbocycles. The Hall–Kier alpha value is -8.35. The molecule has 19 heteroatoms. The molecule has 386 valence electrons. The first-order chi connectivity index (χ1) is 35.8. The van der Waals surface area contributed by atoms with E-state index in [1.807, 2.05) is 72.8 Å². The number of halogens is 7. The summed E-state index contributed by atoms with van der Waals surface area (Å²) in [5.74, 6) is 1.66. The number of para-hydroxylation sites is 1. The molecular weight excluding hydrogens is 986 g/mol. The van der Waals surface area contributed by atoms with Crippen molar-refractivity contribution < 1.29 is 59.3 Å². The Bertz CT molecular complexity index is 3270. The molecule has 8 aromatic rings. The van der Waals surface area contributed by atoms with Gasteiger partial charge in [-0.25, -0.2) is 23.7 Å². The molecular formula is C56H47F7N6O6. The van der Waals surface area contributed by atoms with Crippen molar-refractivity contribution in [2.24, 2.45) is 11.8 Å². The molecule has 2 heterocycles. The van der Waals surface area contributed by atoms with E-state index < -0.39 is 12.7 Å². The van der Waals surface area contributed by atoms with Crippen LogP contribution in [-0.2, 0) is 9.59 Å². The smallest absolute Gasteiger partial charge is 0.426 e. The zero-order valence-corrected chi connectivity index (χ0v) is 40.4. The Labute approximate surface area is 425 Å². The Morgan fingerprint density at radius 1 is 0.587 bits per heavy atom. The molecule has 75 heavy (non-hydrogen) atoms. The summed E-state index contributed by atoms with van der Waals surface area (Å²) in [6.45, 7) is 5.83. The molecule has 2 saturated carbocycles. The number of carbonyl (C=O) groups is 2. The molecule has 2 aromatic heterocycles. The number of ether oxygens (including phenoxy) is 4. The van der Waals surface area contributed by atoms with Crippen LogP contribution >= 0.6 is 0 Å². The quantitative estimate of drug-likeness (QED) is 0.0555. The van der Waals surface area contributed by atoms with Crippen LogP contribution in [0.3, 0.4) is 0 Å². The summed E-state index contributed by atoms with van der Waals surface area (Å²) >= 11 is 0. The number of aromatic nitrogens is 6. The average molecular weight is 1030 g/mol. The van der Waals surface area contributed by atoms with Crippen molar-refractivity contribution in [3.8, 4) is 57.1 Å². The molecule has 0 spiro atoms. The van der Waals surface area contributed by atoms with Crippen LogP contribution in [0, 0.1) is 24.6 Å². The minimum Gasteiger partial charge on any atom is -0.426 e. The van der Waals surface area contributed by atoms with Gasteiger partial charge >= 0.3 is 24.7 Å². The van der Waals surface area contributed by atoms with Crippen molar-refractivity contribution in [2.75, 3.05) is 0 Å². The third-order valence-electron chi connectivity index (χ3n) is 12.7. The van der Waals surface area contributed by atoms with E-state index in [0.717, 1.165) is 40.7 Å². The van der Waals surface area contributed by atoms with E-state index in [1.54, 1.807) is 6.92 Å². The zero-order chi connectivity index (χ0) is 53.0. The highest BCUT2D eigenvalue weighted by atomic mass is 19.4. The predicted octanol–water partition coefficient (Wildman–Crippen LogP) is 13.4. The molecule has 2 aliphatic rings. The van der Waals surface area contributed by atoms with Gasteiger partial charge in [0.25, 0.3) is 0 Å². The molecule has 0 saturated heterocycles. The van der Waals surface area contributed by atoms with E-state index in [1.165, 1.54) is 88.7 Å². The Balaban J connectivity index is 0.000000184. The Morgan fingerprint density at radius 2 is 1.03 bits per heavy atom. The largest absolute Gasteiger partial charge is 0.573 e. The maximum absolute atomic E-state index is 13.2. The number of carbonyl (C=O) groups excluding carboxylic acids is 2. The molecule has 10 rings (SSSR count). The summed E-state index contributed by atoms with van der Waals surface area (Å²) in [5, 5.41) is 8.85. The van der Waals surface area contributed by atoms with Gasteiger partial charge in [-0.3, -0.25) is 9.59 Å². The topological polar surface area (TPSA) is 132 Å². The second-order valence-electron chi connectivity index (χ2n) is 18.5.